The van der Waals surface area contributed by atoms with Crippen LogP contribution in [-0.2, 0) is 9.53 Å². The first kappa shape index (κ1) is 22.9. The molecule has 0 aliphatic heterocycles. The number of nitrogens with zero attached hydrogens (tertiary/aromatic N) is 1. The molecule has 7 nitrogen and oxygen atoms in total. The minimum absolute atomic E-state index is 0.355. The Bertz CT molecular complexity index is 1100. The molecule has 0 aliphatic rings. The summed E-state index contributed by atoms with van der Waals surface area (Å²) in [7, 11) is 1.29. The minimum Gasteiger partial charge on any atom is -0.465 e. The molecule has 0 saturated carbocycles. The second-order valence-electron chi connectivity index (χ2n) is 7.02. The van der Waals surface area contributed by atoms with Crippen LogP contribution in [0.3, 0.4) is 0 Å². The highest BCUT2D eigenvalue weighted by atomic mass is 32.1. The highest BCUT2D eigenvalue weighted by Crippen LogP contribution is 2.26. The second kappa shape index (κ2) is 10.5. The van der Waals surface area contributed by atoms with Crippen molar-refractivity contribution in [2.24, 2.45) is 0 Å². The fourth-order valence-electron chi connectivity index (χ4n) is 3.08. The van der Waals surface area contributed by atoms with Crippen LogP contribution in [0, 0.1) is 6.92 Å². The van der Waals surface area contributed by atoms with Crippen LogP contribution in [0.25, 0.3) is 0 Å². The van der Waals surface area contributed by atoms with Crippen LogP contribution in [0.2, 0.25) is 0 Å². The molecule has 0 saturated heterocycles. The molecule has 3 aromatic rings. The van der Waals surface area contributed by atoms with E-state index in [1.807, 2.05) is 31.2 Å². The van der Waals surface area contributed by atoms with Gasteiger partial charge in [-0.3, -0.25) is 9.10 Å². The standard InChI is InChI=1S/C24H23N3O4S/c1-16-7-6-10-20(15-16)25-22(28)21(17-8-4-3-5-9-17)27(32)24(30)26-19-13-11-18(12-14-19)23(29)31-2/h3-15,21,32H,1-2H3,(H,25,28)(H,26,30). The van der Waals surface area contributed by atoms with E-state index in [2.05, 4.69) is 28.2 Å². The summed E-state index contributed by atoms with van der Waals surface area (Å²) in [6, 6.07) is 20.9. The van der Waals surface area contributed by atoms with E-state index in [4.69, 9.17) is 0 Å². The quantitative estimate of drug-likeness (QED) is 0.371. The van der Waals surface area contributed by atoms with Crippen LogP contribution in [0.4, 0.5) is 16.2 Å². The zero-order valence-corrected chi connectivity index (χ0v) is 18.5. The number of carbonyl (C=O) groups is 3. The molecular weight excluding hydrogens is 426 g/mol. The fourth-order valence-corrected chi connectivity index (χ4v) is 3.37. The third-order valence-corrected chi connectivity index (χ3v) is 5.07. The summed E-state index contributed by atoms with van der Waals surface area (Å²) < 4.78 is 5.70. The Labute approximate surface area is 191 Å². The van der Waals surface area contributed by atoms with Gasteiger partial charge in [-0.15, -0.1) is 0 Å². The van der Waals surface area contributed by atoms with Gasteiger partial charge in [-0.05, 0) is 54.4 Å². The lowest BCUT2D eigenvalue weighted by Crippen LogP contribution is -2.37. The molecule has 0 fully saturated rings. The molecule has 32 heavy (non-hydrogen) atoms. The maximum atomic E-state index is 13.1. The van der Waals surface area contributed by atoms with Crippen molar-refractivity contribution in [2.75, 3.05) is 17.7 Å². The van der Waals surface area contributed by atoms with Crippen LogP contribution in [0.15, 0.2) is 78.9 Å². The van der Waals surface area contributed by atoms with Gasteiger partial charge in [0.05, 0.1) is 12.7 Å². The summed E-state index contributed by atoms with van der Waals surface area (Å²) in [6.45, 7) is 1.92. The predicted molar refractivity (Wildman–Crippen MR) is 127 cm³/mol. The largest absolute Gasteiger partial charge is 0.465 e. The van der Waals surface area contributed by atoms with Crippen molar-refractivity contribution < 1.29 is 19.1 Å². The molecule has 1 unspecified atom stereocenters. The van der Waals surface area contributed by atoms with Gasteiger partial charge in [0.1, 0.15) is 6.04 Å². The van der Waals surface area contributed by atoms with E-state index in [0.717, 1.165) is 9.87 Å². The molecule has 0 spiro atoms. The molecule has 0 radical (unpaired) electrons. The first-order chi connectivity index (χ1) is 15.4. The fraction of sp³-hybridized carbons (Fsp3) is 0.125. The number of urea groups is 1. The average molecular weight is 450 g/mol. The number of rotatable bonds is 6. The van der Waals surface area contributed by atoms with Gasteiger partial charge in [0, 0.05) is 11.4 Å². The third-order valence-electron chi connectivity index (χ3n) is 4.66. The minimum atomic E-state index is -0.991. The Hall–Kier alpha value is -3.78. The highest BCUT2D eigenvalue weighted by Gasteiger charge is 2.30. The van der Waals surface area contributed by atoms with Crippen LogP contribution >= 0.6 is 12.8 Å². The lowest BCUT2D eigenvalue weighted by atomic mass is 10.1. The molecule has 0 heterocycles. The number of carbonyl (C=O) groups excluding carboxylic acids is 3. The SMILES string of the molecule is COC(=O)c1ccc(NC(=O)N(S)C(C(=O)Nc2cccc(C)c2)c2ccccc2)cc1. The summed E-state index contributed by atoms with van der Waals surface area (Å²) in [5, 5.41) is 5.53. The van der Waals surface area contributed by atoms with E-state index in [1.54, 1.807) is 42.5 Å². The number of thiol groups is 1. The van der Waals surface area contributed by atoms with Gasteiger partial charge in [-0.1, -0.05) is 55.3 Å². The van der Waals surface area contributed by atoms with E-state index in [-0.39, 0.29) is 0 Å². The molecule has 2 N–H and O–H groups in total. The van der Waals surface area contributed by atoms with E-state index in [0.29, 0.717) is 22.5 Å². The van der Waals surface area contributed by atoms with Gasteiger partial charge >= 0.3 is 12.0 Å². The Morgan fingerprint density at radius 1 is 0.875 bits per heavy atom. The third kappa shape index (κ3) is 5.67. The number of aryl methyl sites for hydroxylation is 1. The summed E-state index contributed by atoms with van der Waals surface area (Å²) in [6.07, 6.45) is 0. The van der Waals surface area contributed by atoms with Gasteiger partial charge in [-0.25, -0.2) is 9.59 Å². The average Bonchev–Trinajstić information content (AvgIpc) is 2.80. The monoisotopic (exact) mass is 449 g/mol. The molecule has 3 aromatic carbocycles. The number of anilines is 2. The van der Waals surface area contributed by atoms with Crippen molar-refractivity contribution >= 4 is 42.1 Å². The number of esters is 1. The van der Waals surface area contributed by atoms with Crippen molar-refractivity contribution in [3.63, 3.8) is 0 Å². The zero-order valence-electron chi connectivity index (χ0n) is 17.6. The summed E-state index contributed by atoms with van der Waals surface area (Å²) >= 11 is 4.34. The molecule has 3 amide bonds. The summed E-state index contributed by atoms with van der Waals surface area (Å²) in [5.41, 5.74) is 3.01. The van der Waals surface area contributed by atoms with Crippen LogP contribution < -0.4 is 10.6 Å². The van der Waals surface area contributed by atoms with Crippen LogP contribution in [-0.4, -0.2) is 29.3 Å². The van der Waals surface area contributed by atoms with Crippen molar-refractivity contribution in [3.05, 3.63) is 95.6 Å². The molecule has 0 bridgehead atoms. The predicted octanol–water partition coefficient (Wildman–Crippen LogP) is 4.84. The van der Waals surface area contributed by atoms with E-state index in [9.17, 15) is 14.4 Å². The number of amides is 3. The summed E-state index contributed by atoms with van der Waals surface area (Å²) in [4.78, 5) is 37.6. The van der Waals surface area contributed by atoms with E-state index in [1.165, 1.54) is 19.2 Å². The smallest absolute Gasteiger partial charge is 0.337 e. The first-order valence-corrected chi connectivity index (χ1v) is 10.2. The molecule has 164 valence electrons. The topological polar surface area (TPSA) is 87.7 Å². The normalized spacial score (nSPS) is 11.2. The van der Waals surface area contributed by atoms with Crippen molar-refractivity contribution in [1.82, 2.24) is 4.31 Å². The summed E-state index contributed by atoms with van der Waals surface area (Å²) in [5.74, 6) is -0.886. The van der Waals surface area contributed by atoms with Gasteiger partial charge in [-0.2, -0.15) is 0 Å². The van der Waals surface area contributed by atoms with E-state index >= 15 is 0 Å². The number of nitrogens with one attached hydrogen (secondary N) is 2. The maximum absolute atomic E-state index is 13.1. The van der Waals surface area contributed by atoms with Crippen molar-refractivity contribution in [3.8, 4) is 0 Å². The maximum Gasteiger partial charge on any atom is 0.337 e. The number of methoxy groups -OCH3 is 1. The Morgan fingerprint density at radius 3 is 2.19 bits per heavy atom. The Morgan fingerprint density at radius 2 is 1.56 bits per heavy atom. The van der Waals surface area contributed by atoms with E-state index < -0.39 is 23.9 Å². The Balaban J connectivity index is 1.80. The van der Waals surface area contributed by atoms with Gasteiger partial charge in [0.25, 0.3) is 5.91 Å². The number of benzene rings is 3. The Kier molecular flexibility index (Phi) is 7.51. The lowest BCUT2D eigenvalue weighted by Gasteiger charge is -2.26. The highest BCUT2D eigenvalue weighted by molar-refractivity contribution is 7.78. The van der Waals surface area contributed by atoms with Crippen molar-refractivity contribution in [2.45, 2.75) is 13.0 Å². The zero-order chi connectivity index (χ0) is 23.1. The molecule has 0 aromatic heterocycles. The molecule has 8 heteroatoms. The molecule has 3 rings (SSSR count). The molecule has 1 atom stereocenters. The van der Waals surface area contributed by atoms with Crippen molar-refractivity contribution in [1.29, 1.82) is 0 Å². The van der Waals surface area contributed by atoms with Gasteiger partial charge in [0.15, 0.2) is 0 Å². The number of hydrogen-bond acceptors (Lipinski definition) is 5. The number of ether oxygens (including phenoxy) is 1. The van der Waals surface area contributed by atoms with Gasteiger partial charge < -0.3 is 15.4 Å². The van der Waals surface area contributed by atoms with Crippen LogP contribution in [0.1, 0.15) is 27.5 Å². The number of hydrogen-bond donors (Lipinski definition) is 3. The lowest BCUT2D eigenvalue weighted by molar-refractivity contribution is -0.119. The van der Waals surface area contributed by atoms with Crippen LogP contribution in [0.5, 0.6) is 0 Å². The van der Waals surface area contributed by atoms with Gasteiger partial charge in [0.2, 0.25) is 0 Å². The first-order valence-electron chi connectivity index (χ1n) is 9.79. The second-order valence-corrected chi connectivity index (χ2v) is 7.45. The molecule has 0 aliphatic carbocycles. The molecular formula is C24H23N3O4S.